The molecule has 0 spiro atoms. The molecule has 2 rings (SSSR count). The van der Waals surface area contributed by atoms with Crippen molar-refractivity contribution in [2.45, 2.75) is 24.7 Å². The second-order valence-corrected chi connectivity index (χ2v) is 5.92. The fourth-order valence-corrected chi connectivity index (χ4v) is 2.17. The Labute approximate surface area is 123 Å². The smallest absolute Gasteiger partial charge is 0.271 e. The quantitative estimate of drug-likeness (QED) is 0.674. The van der Waals surface area contributed by atoms with E-state index in [4.69, 9.17) is 18.7 Å². The van der Waals surface area contributed by atoms with Crippen molar-refractivity contribution < 1.29 is 22.0 Å². The Morgan fingerprint density at radius 2 is 2.10 bits per heavy atom. The Balaban J connectivity index is 1.56. The Morgan fingerprint density at radius 3 is 2.76 bits per heavy atom. The number of sulfonamides is 1. The number of ether oxygens (including phenoxy) is 1. The Kier molecular flexibility index (Phi) is 5.57. The van der Waals surface area contributed by atoms with E-state index in [9.17, 15) is 8.42 Å². The maximum atomic E-state index is 11.0. The maximum absolute atomic E-state index is 11.0. The van der Waals surface area contributed by atoms with Gasteiger partial charge >= 0.3 is 0 Å². The average molecular weight is 314 g/mol. The number of furan rings is 2. The molecule has 0 aliphatic rings. The molecule has 0 aromatic carbocycles. The third-order valence-electron chi connectivity index (χ3n) is 2.68. The fourth-order valence-electron chi connectivity index (χ4n) is 1.68. The van der Waals surface area contributed by atoms with E-state index in [0.717, 1.165) is 18.7 Å². The van der Waals surface area contributed by atoms with Crippen molar-refractivity contribution in [1.82, 2.24) is 5.32 Å². The van der Waals surface area contributed by atoms with Gasteiger partial charge in [0, 0.05) is 6.61 Å². The highest BCUT2D eigenvalue weighted by atomic mass is 32.2. The fraction of sp³-hybridized carbons (Fsp3) is 0.385. The van der Waals surface area contributed by atoms with Crippen LogP contribution in [0.25, 0.3) is 0 Å². The number of nitrogens with one attached hydrogen (secondary N) is 1. The molecule has 0 atom stereocenters. The first-order valence-electron chi connectivity index (χ1n) is 6.48. The molecule has 0 saturated heterocycles. The molecular weight excluding hydrogens is 296 g/mol. The van der Waals surface area contributed by atoms with Gasteiger partial charge in [0.15, 0.2) is 0 Å². The molecule has 0 bridgehead atoms. The lowest BCUT2D eigenvalue weighted by Crippen LogP contribution is -2.16. The van der Waals surface area contributed by atoms with Crippen molar-refractivity contribution in [1.29, 1.82) is 0 Å². The Bertz CT molecular complexity index is 633. The number of hydrogen-bond donors (Lipinski definition) is 2. The van der Waals surface area contributed by atoms with Gasteiger partial charge in [0.25, 0.3) is 10.0 Å². The van der Waals surface area contributed by atoms with Gasteiger partial charge in [0.2, 0.25) is 5.09 Å². The van der Waals surface area contributed by atoms with Crippen LogP contribution in [0.4, 0.5) is 0 Å². The molecule has 0 radical (unpaired) electrons. The third kappa shape index (κ3) is 5.35. The summed E-state index contributed by atoms with van der Waals surface area (Å²) >= 11 is 0. The molecule has 21 heavy (non-hydrogen) atoms. The summed E-state index contributed by atoms with van der Waals surface area (Å²) in [6.07, 6.45) is 2.43. The van der Waals surface area contributed by atoms with Crippen LogP contribution in [0.15, 0.2) is 44.5 Å². The van der Waals surface area contributed by atoms with E-state index in [1.807, 2.05) is 12.1 Å². The molecule has 116 valence electrons. The zero-order valence-corrected chi connectivity index (χ0v) is 12.3. The highest BCUT2D eigenvalue weighted by molar-refractivity contribution is 7.89. The molecule has 2 heterocycles. The lowest BCUT2D eigenvalue weighted by atomic mass is 10.4. The van der Waals surface area contributed by atoms with E-state index in [1.54, 1.807) is 12.3 Å². The summed E-state index contributed by atoms with van der Waals surface area (Å²) in [7, 11) is -3.77. The highest BCUT2D eigenvalue weighted by Gasteiger charge is 2.12. The summed E-state index contributed by atoms with van der Waals surface area (Å²) in [4.78, 5) is 0. The lowest BCUT2D eigenvalue weighted by Gasteiger charge is -2.03. The molecule has 8 heteroatoms. The summed E-state index contributed by atoms with van der Waals surface area (Å²) in [5, 5.41) is 7.86. The van der Waals surface area contributed by atoms with Gasteiger partial charge in [-0.25, -0.2) is 13.6 Å². The van der Waals surface area contributed by atoms with Crippen LogP contribution in [0.2, 0.25) is 0 Å². The first kappa shape index (κ1) is 15.8. The molecule has 0 aliphatic heterocycles. The van der Waals surface area contributed by atoms with Gasteiger partial charge in [-0.3, -0.25) is 0 Å². The third-order valence-corrected chi connectivity index (χ3v) is 3.46. The van der Waals surface area contributed by atoms with Crippen LogP contribution in [-0.2, 0) is 27.9 Å². The van der Waals surface area contributed by atoms with E-state index in [2.05, 4.69) is 5.32 Å². The summed E-state index contributed by atoms with van der Waals surface area (Å²) in [6, 6.07) is 6.61. The number of nitrogens with two attached hydrogens (primary N) is 1. The van der Waals surface area contributed by atoms with E-state index in [1.165, 1.54) is 6.07 Å². The average Bonchev–Trinajstić information content (AvgIpc) is 3.07. The van der Waals surface area contributed by atoms with Gasteiger partial charge in [-0.1, -0.05) is 0 Å². The van der Waals surface area contributed by atoms with Crippen LogP contribution in [0, 0.1) is 0 Å². The van der Waals surface area contributed by atoms with Crippen LogP contribution in [0.5, 0.6) is 0 Å². The predicted molar refractivity (Wildman–Crippen MR) is 74.8 cm³/mol. The molecule has 0 fully saturated rings. The lowest BCUT2D eigenvalue weighted by molar-refractivity contribution is 0.104. The van der Waals surface area contributed by atoms with Crippen LogP contribution in [0.3, 0.4) is 0 Å². The normalized spacial score (nSPS) is 11.9. The van der Waals surface area contributed by atoms with Gasteiger partial charge in [0.05, 0.1) is 12.8 Å². The van der Waals surface area contributed by atoms with E-state index >= 15 is 0 Å². The number of primary sulfonamides is 1. The Morgan fingerprint density at radius 1 is 1.24 bits per heavy atom. The molecule has 2 aromatic heterocycles. The second kappa shape index (κ2) is 7.41. The molecule has 2 aromatic rings. The topological polar surface area (TPSA) is 108 Å². The van der Waals surface area contributed by atoms with Crippen molar-refractivity contribution in [3.05, 3.63) is 42.0 Å². The largest absolute Gasteiger partial charge is 0.467 e. The maximum Gasteiger partial charge on any atom is 0.271 e. The zero-order valence-electron chi connectivity index (χ0n) is 11.4. The van der Waals surface area contributed by atoms with E-state index in [-0.39, 0.29) is 5.09 Å². The van der Waals surface area contributed by atoms with Crippen molar-refractivity contribution in [3.63, 3.8) is 0 Å². The molecule has 0 amide bonds. The Hall–Kier alpha value is -1.61. The van der Waals surface area contributed by atoms with Crippen LogP contribution in [0.1, 0.15) is 17.9 Å². The molecule has 0 aliphatic carbocycles. The summed E-state index contributed by atoms with van der Waals surface area (Å²) in [5.41, 5.74) is 0. The van der Waals surface area contributed by atoms with Gasteiger partial charge in [-0.15, -0.1) is 0 Å². The van der Waals surface area contributed by atoms with Crippen LogP contribution >= 0.6 is 0 Å². The standard InChI is InChI=1S/C13H18N2O5S/c14-21(16,17)13-5-4-11(20-13)9-15-6-2-7-18-10-12-3-1-8-19-12/h1,3-5,8,15H,2,6-7,9-10H2,(H2,14,16,17). The van der Waals surface area contributed by atoms with Crippen molar-refractivity contribution in [2.24, 2.45) is 5.14 Å². The molecule has 7 nitrogen and oxygen atoms in total. The van der Waals surface area contributed by atoms with Gasteiger partial charge in [0.1, 0.15) is 18.1 Å². The van der Waals surface area contributed by atoms with Gasteiger partial charge in [-0.2, -0.15) is 0 Å². The van der Waals surface area contributed by atoms with Crippen molar-refractivity contribution in [2.75, 3.05) is 13.2 Å². The number of hydrogen-bond acceptors (Lipinski definition) is 6. The first-order valence-corrected chi connectivity index (χ1v) is 8.03. The first-order chi connectivity index (χ1) is 10.1. The molecule has 0 saturated carbocycles. The summed E-state index contributed by atoms with van der Waals surface area (Å²) < 4.78 is 37.7. The van der Waals surface area contributed by atoms with Crippen molar-refractivity contribution in [3.8, 4) is 0 Å². The van der Waals surface area contributed by atoms with E-state index < -0.39 is 10.0 Å². The monoisotopic (exact) mass is 314 g/mol. The predicted octanol–water partition coefficient (Wildman–Crippen LogP) is 1.22. The van der Waals surface area contributed by atoms with E-state index in [0.29, 0.717) is 25.5 Å². The summed E-state index contributed by atoms with van der Waals surface area (Å²) in [6.45, 7) is 2.23. The van der Waals surface area contributed by atoms with Gasteiger partial charge in [-0.05, 0) is 37.2 Å². The molecule has 0 unspecified atom stereocenters. The minimum atomic E-state index is -3.77. The molecular formula is C13H18N2O5S. The summed E-state index contributed by atoms with van der Waals surface area (Å²) in [5.74, 6) is 1.32. The number of rotatable bonds is 9. The van der Waals surface area contributed by atoms with Crippen molar-refractivity contribution >= 4 is 10.0 Å². The minimum Gasteiger partial charge on any atom is -0.467 e. The van der Waals surface area contributed by atoms with Gasteiger partial charge < -0.3 is 18.9 Å². The minimum absolute atomic E-state index is 0.221. The SMILES string of the molecule is NS(=O)(=O)c1ccc(CNCCCOCc2ccco2)o1. The van der Waals surface area contributed by atoms with Crippen LogP contribution in [-0.4, -0.2) is 21.6 Å². The van der Waals surface area contributed by atoms with Crippen LogP contribution < -0.4 is 10.5 Å². The molecule has 3 N–H and O–H groups in total. The zero-order chi connectivity index (χ0) is 15.1. The second-order valence-electron chi connectivity index (χ2n) is 4.43. The highest BCUT2D eigenvalue weighted by Crippen LogP contribution is 2.11.